The highest BCUT2D eigenvalue weighted by molar-refractivity contribution is 5.98. The average Bonchev–Trinajstić information content (AvgIpc) is 2.15. The molecule has 1 heterocycles. The summed E-state index contributed by atoms with van der Waals surface area (Å²) in [5.41, 5.74) is 1.45. The van der Waals surface area contributed by atoms with E-state index in [4.69, 9.17) is 0 Å². The van der Waals surface area contributed by atoms with Crippen LogP contribution in [-0.2, 0) is 4.79 Å². The van der Waals surface area contributed by atoms with Crippen molar-refractivity contribution in [3.63, 3.8) is 0 Å². The lowest BCUT2D eigenvalue weighted by Gasteiger charge is -2.33. The lowest BCUT2D eigenvalue weighted by molar-refractivity contribution is -0.427. The molecule has 0 bridgehead atoms. The van der Waals surface area contributed by atoms with E-state index in [0.29, 0.717) is 12.0 Å². The Morgan fingerprint density at radius 1 is 1.44 bits per heavy atom. The molecule has 86 valence electrons. The maximum atomic E-state index is 11.9. The van der Waals surface area contributed by atoms with Gasteiger partial charge in [0.1, 0.15) is 0 Å². The Balaban J connectivity index is 2.27. The van der Waals surface area contributed by atoms with Crippen LogP contribution in [-0.4, -0.2) is 10.7 Å². The molecule has 16 heavy (non-hydrogen) atoms. The molecule has 0 aromatic heterocycles. The van der Waals surface area contributed by atoms with Gasteiger partial charge < -0.3 is 5.32 Å². The van der Waals surface area contributed by atoms with Crippen LogP contribution in [0, 0.1) is 15.5 Å². The van der Waals surface area contributed by atoms with Gasteiger partial charge in [-0.25, -0.2) is 0 Å². The fourth-order valence-corrected chi connectivity index (χ4v) is 2.22. The minimum Gasteiger partial charge on any atom is -0.359 e. The molecule has 1 N–H and O–H groups in total. The number of allylic oxidation sites excluding steroid dienone is 2. The summed E-state index contributed by atoms with van der Waals surface area (Å²) >= 11 is 0. The second kappa shape index (κ2) is 3.43. The maximum Gasteiger partial charge on any atom is 0.266 e. The fourth-order valence-electron chi connectivity index (χ4n) is 2.22. The van der Waals surface area contributed by atoms with E-state index in [2.05, 4.69) is 5.32 Å². The van der Waals surface area contributed by atoms with E-state index in [-0.39, 0.29) is 23.3 Å². The molecule has 0 aromatic rings. The first-order chi connectivity index (χ1) is 7.39. The van der Waals surface area contributed by atoms with E-state index >= 15 is 0 Å². The second-order valence-corrected chi connectivity index (χ2v) is 5.11. The van der Waals surface area contributed by atoms with Crippen LogP contribution >= 0.6 is 0 Å². The lowest BCUT2D eigenvalue weighted by atomic mass is 9.74. The van der Waals surface area contributed by atoms with Crippen LogP contribution in [0.4, 0.5) is 0 Å². The molecule has 0 amide bonds. The van der Waals surface area contributed by atoms with E-state index in [9.17, 15) is 14.9 Å². The molecule has 2 rings (SSSR count). The van der Waals surface area contributed by atoms with Gasteiger partial charge in [-0.15, -0.1) is 0 Å². The number of nitrogens with zero attached hydrogens (tertiary/aromatic N) is 1. The highest BCUT2D eigenvalue weighted by Gasteiger charge is 2.36. The highest BCUT2D eigenvalue weighted by atomic mass is 16.6. The molecule has 0 aromatic carbocycles. The third-order valence-corrected chi connectivity index (χ3v) is 3.00. The Labute approximate surface area is 93.4 Å². The molecule has 0 unspecified atom stereocenters. The molecule has 1 aliphatic carbocycles. The monoisotopic (exact) mass is 222 g/mol. The number of hydrogen-bond donors (Lipinski definition) is 1. The van der Waals surface area contributed by atoms with Crippen molar-refractivity contribution in [3.8, 4) is 0 Å². The Hall–Kier alpha value is -1.65. The van der Waals surface area contributed by atoms with Crippen LogP contribution < -0.4 is 5.32 Å². The van der Waals surface area contributed by atoms with Crippen molar-refractivity contribution in [2.45, 2.75) is 33.1 Å². The summed E-state index contributed by atoms with van der Waals surface area (Å²) in [6.07, 6.45) is 2.80. The van der Waals surface area contributed by atoms with Crippen molar-refractivity contribution in [1.29, 1.82) is 0 Å². The van der Waals surface area contributed by atoms with Crippen LogP contribution in [0.15, 0.2) is 23.2 Å². The van der Waals surface area contributed by atoms with E-state index in [1.54, 1.807) is 0 Å². The maximum absolute atomic E-state index is 11.9. The quantitative estimate of drug-likeness (QED) is 0.541. The third-order valence-electron chi connectivity index (χ3n) is 3.00. The summed E-state index contributed by atoms with van der Waals surface area (Å²) in [5, 5.41) is 13.5. The summed E-state index contributed by atoms with van der Waals surface area (Å²) in [5.74, 6) is 0.0335. The molecule has 0 saturated heterocycles. The molecule has 5 heteroatoms. The van der Waals surface area contributed by atoms with Crippen LogP contribution in [0.25, 0.3) is 0 Å². The van der Waals surface area contributed by atoms with Gasteiger partial charge in [-0.05, 0) is 11.8 Å². The molecule has 5 nitrogen and oxygen atoms in total. The first-order valence-corrected chi connectivity index (χ1v) is 5.24. The van der Waals surface area contributed by atoms with E-state index in [1.807, 2.05) is 13.8 Å². The largest absolute Gasteiger partial charge is 0.359 e. The topological polar surface area (TPSA) is 72.2 Å². The molecule has 0 radical (unpaired) electrons. The zero-order valence-electron chi connectivity index (χ0n) is 9.37. The Kier molecular flexibility index (Phi) is 2.33. The summed E-state index contributed by atoms with van der Waals surface area (Å²) < 4.78 is 0. The summed E-state index contributed by atoms with van der Waals surface area (Å²) in [7, 11) is 0. The third kappa shape index (κ3) is 1.85. The molecule has 0 spiro atoms. The molecule has 2 aliphatic rings. The molecule has 0 saturated carbocycles. The van der Waals surface area contributed by atoms with Crippen molar-refractivity contribution >= 4 is 5.78 Å². The van der Waals surface area contributed by atoms with Crippen molar-refractivity contribution in [1.82, 2.24) is 5.32 Å². The van der Waals surface area contributed by atoms with Crippen molar-refractivity contribution in [2.24, 2.45) is 5.41 Å². The minimum atomic E-state index is -0.441. The van der Waals surface area contributed by atoms with Gasteiger partial charge >= 0.3 is 0 Å². The average molecular weight is 222 g/mol. The number of carbonyl (C=O) groups excluding carboxylic acids is 1. The lowest BCUT2D eigenvalue weighted by Crippen LogP contribution is -2.32. The first-order valence-electron chi connectivity index (χ1n) is 5.24. The standard InChI is InChI=1S/C11H14N2O3/c1-11(2)4-9-8(10(14)5-11)3-7(6-12-9)13(15)16/h6,12H,3-5H2,1-2H3. The molecule has 0 fully saturated rings. The van der Waals surface area contributed by atoms with Gasteiger partial charge in [0.25, 0.3) is 5.70 Å². The number of dihydropyridines is 1. The van der Waals surface area contributed by atoms with Gasteiger partial charge in [-0.3, -0.25) is 14.9 Å². The van der Waals surface area contributed by atoms with Crippen molar-refractivity contribution < 1.29 is 9.72 Å². The number of carbonyl (C=O) groups is 1. The van der Waals surface area contributed by atoms with Gasteiger partial charge in [-0.1, -0.05) is 13.8 Å². The molecule has 0 atom stereocenters. The van der Waals surface area contributed by atoms with Crippen LogP contribution in [0.5, 0.6) is 0 Å². The summed E-state index contributed by atoms with van der Waals surface area (Å²) in [6.45, 7) is 4.06. The zero-order chi connectivity index (χ0) is 11.9. The minimum absolute atomic E-state index is 0.0335. The molecule has 1 aliphatic heterocycles. The van der Waals surface area contributed by atoms with Gasteiger partial charge in [0.05, 0.1) is 17.5 Å². The normalized spacial score (nSPS) is 23.4. The summed E-state index contributed by atoms with van der Waals surface area (Å²) in [4.78, 5) is 22.1. The fraction of sp³-hybridized carbons (Fsp3) is 0.545. The second-order valence-electron chi connectivity index (χ2n) is 5.11. The van der Waals surface area contributed by atoms with Gasteiger partial charge in [0.2, 0.25) is 0 Å². The predicted octanol–water partition coefficient (Wildman–Crippen LogP) is 1.74. The van der Waals surface area contributed by atoms with E-state index in [1.165, 1.54) is 6.20 Å². The number of rotatable bonds is 1. The van der Waals surface area contributed by atoms with Gasteiger partial charge in [0.15, 0.2) is 5.78 Å². The van der Waals surface area contributed by atoms with E-state index < -0.39 is 4.92 Å². The van der Waals surface area contributed by atoms with Crippen molar-refractivity contribution in [3.05, 3.63) is 33.3 Å². The highest BCUT2D eigenvalue weighted by Crippen LogP contribution is 2.38. The summed E-state index contributed by atoms with van der Waals surface area (Å²) in [6, 6.07) is 0. The predicted molar refractivity (Wildman–Crippen MR) is 57.9 cm³/mol. The van der Waals surface area contributed by atoms with Crippen LogP contribution in [0.1, 0.15) is 33.1 Å². The zero-order valence-corrected chi connectivity index (χ0v) is 9.37. The Bertz CT molecular complexity index is 433. The SMILES string of the molecule is CC1(C)CC(=O)C2=C(C1)NC=C([N+](=O)[O-])C2. The smallest absolute Gasteiger partial charge is 0.266 e. The van der Waals surface area contributed by atoms with Crippen LogP contribution in [0.2, 0.25) is 0 Å². The van der Waals surface area contributed by atoms with Gasteiger partial charge in [-0.2, -0.15) is 0 Å². The number of nitrogens with one attached hydrogen (secondary N) is 1. The number of hydrogen-bond acceptors (Lipinski definition) is 4. The first kappa shape index (κ1) is 10.9. The van der Waals surface area contributed by atoms with Crippen LogP contribution in [0.3, 0.4) is 0 Å². The van der Waals surface area contributed by atoms with E-state index in [0.717, 1.165) is 12.1 Å². The number of nitro groups is 1. The number of ketones is 1. The molecular formula is C11H14N2O3. The Morgan fingerprint density at radius 2 is 2.12 bits per heavy atom. The number of Topliss-reactive ketones (excluding diaryl/α,β-unsaturated/α-hetero) is 1. The van der Waals surface area contributed by atoms with Gasteiger partial charge in [0, 0.05) is 17.7 Å². The molecular weight excluding hydrogens is 208 g/mol. The van der Waals surface area contributed by atoms with Crippen molar-refractivity contribution in [2.75, 3.05) is 0 Å². The Morgan fingerprint density at radius 3 is 2.75 bits per heavy atom.